The van der Waals surface area contributed by atoms with Crippen molar-refractivity contribution in [2.75, 3.05) is 6.61 Å². The zero-order chi connectivity index (χ0) is 25.7. The van der Waals surface area contributed by atoms with E-state index in [2.05, 4.69) is 0 Å². The Labute approximate surface area is 208 Å². The minimum atomic E-state index is -0.987. The molecule has 0 unspecified atom stereocenters. The van der Waals surface area contributed by atoms with Crippen LogP contribution in [0.5, 0.6) is 5.75 Å². The zero-order valence-corrected chi connectivity index (χ0v) is 20.1. The molecule has 36 heavy (non-hydrogen) atoms. The van der Waals surface area contributed by atoms with Gasteiger partial charge in [-0.15, -0.1) is 0 Å². The second kappa shape index (κ2) is 11.3. The number of halogens is 4. The Morgan fingerprint density at radius 1 is 0.639 bits per heavy atom. The lowest BCUT2D eigenvalue weighted by atomic mass is 9.96. The summed E-state index contributed by atoms with van der Waals surface area (Å²) in [5.74, 6) is -3.81. The molecule has 4 aromatic carbocycles. The minimum Gasteiger partial charge on any atom is -0.491 e. The normalized spacial score (nSPS) is 11.3. The van der Waals surface area contributed by atoms with E-state index in [0.717, 1.165) is 11.1 Å². The molecule has 4 aromatic rings. The molecule has 0 saturated carbocycles. The van der Waals surface area contributed by atoms with Gasteiger partial charge >= 0.3 is 0 Å². The van der Waals surface area contributed by atoms with Crippen molar-refractivity contribution in [2.45, 2.75) is 26.7 Å². The summed E-state index contributed by atoms with van der Waals surface area (Å²) < 4.78 is 63.5. The average molecular weight is 491 g/mol. The number of benzene rings is 4. The van der Waals surface area contributed by atoms with Gasteiger partial charge in [-0.25, -0.2) is 13.2 Å². The third-order valence-electron chi connectivity index (χ3n) is 6.04. The van der Waals surface area contributed by atoms with Gasteiger partial charge in [-0.05, 0) is 60.6 Å². The molecule has 0 aliphatic heterocycles. The number of ether oxygens (including phenoxy) is 1. The first-order chi connectivity index (χ1) is 17.4. The first-order valence-electron chi connectivity index (χ1n) is 11.8. The fourth-order valence-corrected chi connectivity index (χ4v) is 4.12. The van der Waals surface area contributed by atoms with Crippen molar-refractivity contribution in [1.82, 2.24) is 0 Å². The van der Waals surface area contributed by atoms with Crippen LogP contribution in [0.25, 0.3) is 28.3 Å². The lowest BCUT2D eigenvalue weighted by molar-refractivity contribution is 0.313. The molecule has 0 fully saturated rings. The van der Waals surface area contributed by atoms with Gasteiger partial charge in [0.1, 0.15) is 0 Å². The van der Waals surface area contributed by atoms with Crippen molar-refractivity contribution in [1.29, 1.82) is 0 Å². The molecule has 0 aliphatic rings. The van der Waals surface area contributed by atoms with Crippen LogP contribution in [0.2, 0.25) is 0 Å². The van der Waals surface area contributed by atoms with Crippen molar-refractivity contribution >= 4 is 6.08 Å². The topological polar surface area (TPSA) is 9.23 Å². The average Bonchev–Trinajstić information content (AvgIpc) is 2.89. The molecule has 184 valence electrons. The molecule has 0 radical (unpaired) electrons. The van der Waals surface area contributed by atoms with Gasteiger partial charge in [0.05, 0.1) is 6.61 Å². The van der Waals surface area contributed by atoms with Crippen LogP contribution in [-0.4, -0.2) is 6.61 Å². The van der Waals surface area contributed by atoms with Crippen molar-refractivity contribution < 1.29 is 22.3 Å². The quantitative estimate of drug-likeness (QED) is 0.224. The van der Waals surface area contributed by atoms with Crippen molar-refractivity contribution in [2.24, 2.45) is 0 Å². The maximum atomic E-state index is 15.0. The number of allylic oxidation sites excluding steroid dienone is 1. The lowest BCUT2D eigenvalue weighted by Crippen LogP contribution is -2.02. The lowest BCUT2D eigenvalue weighted by Gasteiger charge is -2.11. The van der Waals surface area contributed by atoms with Gasteiger partial charge < -0.3 is 4.74 Å². The fraction of sp³-hybridized carbons (Fsp3) is 0.161. The number of hydrogen-bond donors (Lipinski definition) is 0. The maximum absolute atomic E-state index is 15.0. The molecule has 5 heteroatoms. The van der Waals surface area contributed by atoms with Gasteiger partial charge in [0, 0.05) is 11.1 Å². The molecule has 0 N–H and O–H groups in total. The van der Waals surface area contributed by atoms with Gasteiger partial charge in [-0.3, -0.25) is 0 Å². The van der Waals surface area contributed by atoms with Gasteiger partial charge in [0.25, 0.3) is 0 Å². The summed E-state index contributed by atoms with van der Waals surface area (Å²) in [6, 6.07) is 20.3. The summed E-state index contributed by atoms with van der Waals surface area (Å²) in [4.78, 5) is 0. The summed E-state index contributed by atoms with van der Waals surface area (Å²) in [5, 5.41) is 0. The van der Waals surface area contributed by atoms with Gasteiger partial charge in [0.15, 0.2) is 23.2 Å². The van der Waals surface area contributed by atoms with Crippen molar-refractivity contribution in [3.63, 3.8) is 0 Å². The fourth-order valence-electron chi connectivity index (χ4n) is 4.12. The van der Waals surface area contributed by atoms with E-state index in [1.54, 1.807) is 55.5 Å². The van der Waals surface area contributed by atoms with E-state index in [4.69, 9.17) is 4.74 Å². The molecule has 0 aromatic heterocycles. The van der Waals surface area contributed by atoms with E-state index >= 15 is 0 Å². The third kappa shape index (κ3) is 5.35. The van der Waals surface area contributed by atoms with Gasteiger partial charge in [-0.2, -0.15) is 4.39 Å². The van der Waals surface area contributed by atoms with Crippen LogP contribution in [0, 0.1) is 23.3 Å². The summed E-state index contributed by atoms with van der Waals surface area (Å²) >= 11 is 0. The van der Waals surface area contributed by atoms with Gasteiger partial charge in [-0.1, -0.05) is 78.9 Å². The molecule has 0 spiro atoms. The third-order valence-corrected chi connectivity index (χ3v) is 6.04. The van der Waals surface area contributed by atoms with Crippen LogP contribution in [-0.2, 0) is 12.8 Å². The van der Waals surface area contributed by atoms with Crippen molar-refractivity contribution in [3.05, 3.63) is 119 Å². The smallest absolute Gasteiger partial charge is 0.200 e. The predicted octanol–water partition coefficient (Wildman–Crippen LogP) is 8.79. The van der Waals surface area contributed by atoms with Crippen LogP contribution in [0.1, 0.15) is 30.5 Å². The Bertz CT molecular complexity index is 1370. The molecule has 0 bridgehead atoms. The molecule has 0 saturated heterocycles. The first-order valence-corrected chi connectivity index (χ1v) is 11.8. The highest BCUT2D eigenvalue weighted by Gasteiger charge is 2.17. The highest BCUT2D eigenvalue weighted by molar-refractivity contribution is 5.72. The summed E-state index contributed by atoms with van der Waals surface area (Å²) in [5.41, 5.74) is 3.59. The molecule has 1 nitrogen and oxygen atoms in total. The van der Waals surface area contributed by atoms with Crippen LogP contribution in [0.15, 0.2) is 78.9 Å². The number of aryl methyl sites for hydroxylation is 2. The SMILES string of the molecule is CC=Cc1ccc(-c2ccc(-c3ccc(CCc4ccc(OCC)c(F)c4F)cc3)c(F)c2F)cc1. The predicted molar refractivity (Wildman–Crippen MR) is 137 cm³/mol. The Kier molecular flexibility index (Phi) is 7.89. The summed E-state index contributed by atoms with van der Waals surface area (Å²) in [6.07, 6.45) is 4.59. The highest BCUT2D eigenvalue weighted by atomic mass is 19.2. The molecular weight excluding hydrogens is 464 g/mol. The second-order valence-corrected chi connectivity index (χ2v) is 8.39. The van der Waals surface area contributed by atoms with E-state index in [-0.39, 0.29) is 29.0 Å². The molecule has 0 atom stereocenters. The van der Waals surface area contributed by atoms with Crippen LogP contribution >= 0.6 is 0 Å². The standard InChI is InChI=1S/C31H26F4O/c1-3-5-20-6-11-22(12-7-20)25-17-18-26(30(34)29(25)33)23-13-8-21(9-14-23)10-15-24-16-19-27(36-4-2)31(35)28(24)32/h3,5-9,11-14,16-19H,4,10,15H2,1-2H3. The Morgan fingerprint density at radius 3 is 1.78 bits per heavy atom. The first kappa shape index (κ1) is 25.2. The van der Waals surface area contributed by atoms with E-state index in [9.17, 15) is 17.6 Å². The number of hydrogen-bond acceptors (Lipinski definition) is 1. The van der Waals surface area contributed by atoms with Crippen LogP contribution in [0.3, 0.4) is 0 Å². The van der Waals surface area contributed by atoms with E-state index in [1.807, 2.05) is 31.2 Å². The largest absolute Gasteiger partial charge is 0.491 e. The van der Waals surface area contributed by atoms with E-state index < -0.39 is 23.3 Å². The van der Waals surface area contributed by atoms with Crippen LogP contribution in [0.4, 0.5) is 17.6 Å². The Balaban J connectivity index is 1.49. The summed E-state index contributed by atoms with van der Waals surface area (Å²) in [6.45, 7) is 3.86. The van der Waals surface area contributed by atoms with Gasteiger partial charge in [0.2, 0.25) is 5.82 Å². The highest BCUT2D eigenvalue weighted by Crippen LogP contribution is 2.32. The number of rotatable bonds is 8. The molecule has 4 rings (SSSR count). The van der Waals surface area contributed by atoms with E-state index in [0.29, 0.717) is 24.0 Å². The van der Waals surface area contributed by atoms with Crippen LogP contribution < -0.4 is 4.74 Å². The summed E-state index contributed by atoms with van der Waals surface area (Å²) in [7, 11) is 0. The monoisotopic (exact) mass is 490 g/mol. The molecule has 0 heterocycles. The molecular formula is C31H26F4O. The second-order valence-electron chi connectivity index (χ2n) is 8.39. The molecule has 0 aliphatic carbocycles. The minimum absolute atomic E-state index is 0.103. The van der Waals surface area contributed by atoms with E-state index in [1.165, 1.54) is 12.1 Å². The maximum Gasteiger partial charge on any atom is 0.200 e. The van der Waals surface area contributed by atoms with Crippen molar-refractivity contribution in [3.8, 4) is 28.0 Å². The molecule has 0 amide bonds. The Hall–Kier alpha value is -3.86. The zero-order valence-electron chi connectivity index (χ0n) is 20.1. The Morgan fingerprint density at radius 2 is 1.22 bits per heavy atom.